The van der Waals surface area contributed by atoms with Crippen LogP contribution >= 0.6 is 0 Å². The van der Waals surface area contributed by atoms with Crippen LogP contribution in [0, 0.1) is 22.7 Å². The molecule has 3 atom stereocenters. The predicted octanol–water partition coefficient (Wildman–Crippen LogP) is 2.72. The molecule has 0 radical (unpaired) electrons. The van der Waals surface area contributed by atoms with Gasteiger partial charge in [0.15, 0.2) is 11.6 Å². The Morgan fingerprint density at radius 3 is 1.71 bits per heavy atom. The van der Waals surface area contributed by atoms with E-state index < -0.39 is 40.6 Å². The number of carbonyl (C=O) groups is 4. The molecule has 0 heterocycles. The number of aliphatic imine (C=N–C) groups is 2. The highest BCUT2D eigenvalue weighted by Gasteiger charge is 2.47. The van der Waals surface area contributed by atoms with Crippen LogP contribution in [-0.4, -0.2) is 73.0 Å². The Balaban J connectivity index is 2.21. The fourth-order valence-electron chi connectivity index (χ4n) is 4.48. The molecule has 0 aromatic rings. The van der Waals surface area contributed by atoms with Crippen molar-refractivity contribution in [1.29, 1.82) is 0 Å². The first-order chi connectivity index (χ1) is 16.2. The van der Waals surface area contributed by atoms with E-state index in [2.05, 4.69) is 9.98 Å². The standard InChI is InChI=1S/C25H34N2O8/c1-13(27-12-15-17(29)9-25(4,5)19(21(15)31)23(33)35-7)10-26-11-14-16(28)8-24(2,3)18(20(14)30)22(32)34-6/h11-13,18-19,30-31H,8-10H2,1-7H3/t13-,18+,19-/m1/s1. The quantitative estimate of drug-likeness (QED) is 0.408. The maximum atomic E-state index is 12.5. The number of Topliss-reactive ketones (excluding diaryl/α,β-unsaturated/α-hetero) is 2. The van der Waals surface area contributed by atoms with Gasteiger partial charge in [0, 0.05) is 25.3 Å². The van der Waals surface area contributed by atoms with E-state index in [0.717, 1.165) is 0 Å². The highest BCUT2D eigenvalue weighted by molar-refractivity contribution is 6.16. The minimum absolute atomic E-state index is 0.0396. The van der Waals surface area contributed by atoms with E-state index in [1.54, 1.807) is 34.6 Å². The van der Waals surface area contributed by atoms with Crippen LogP contribution in [0.1, 0.15) is 47.5 Å². The number of rotatable bonds is 7. The highest BCUT2D eigenvalue weighted by Crippen LogP contribution is 2.42. The molecular weight excluding hydrogens is 456 g/mol. The van der Waals surface area contributed by atoms with Gasteiger partial charge in [-0.25, -0.2) is 0 Å². The molecule has 0 fully saturated rings. The fourth-order valence-corrected chi connectivity index (χ4v) is 4.48. The van der Waals surface area contributed by atoms with E-state index in [-0.39, 0.29) is 53.6 Å². The monoisotopic (exact) mass is 490 g/mol. The third-order valence-corrected chi connectivity index (χ3v) is 6.42. The lowest BCUT2D eigenvalue weighted by molar-refractivity contribution is -0.151. The number of ether oxygens (including phenoxy) is 2. The van der Waals surface area contributed by atoms with Crippen LogP contribution in [0.25, 0.3) is 0 Å². The molecule has 0 bridgehead atoms. The van der Waals surface area contributed by atoms with Gasteiger partial charge in [0.1, 0.15) is 23.4 Å². The Labute approximate surface area is 204 Å². The lowest BCUT2D eigenvalue weighted by Gasteiger charge is -2.35. The molecule has 35 heavy (non-hydrogen) atoms. The molecule has 0 unspecified atom stereocenters. The molecule has 2 aliphatic carbocycles. The van der Waals surface area contributed by atoms with Crippen molar-refractivity contribution < 1.29 is 38.9 Å². The van der Waals surface area contributed by atoms with E-state index in [1.165, 1.54) is 26.6 Å². The van der Waals surface area contributed by atoms with Crippen molar-refractivity contribution in [3.63, 3.8) is 0 Å². The number of hydrogen-bond acceptors (Lipinski definition) is 10. The molecule has 10 heteroatoms. The molecule has 0 aliphatic heterocycles. The number of esters is 2. The van der Waals surface area contributed by atoms with E-state index in [9.17, 15) is 29.4 Å². The van der Waals surface area contributed by atoms with Crippen LogP contribution in [0.4, 0.5) is 0 Å². The zero-order valence-electron chi connectivity index (χ0n) is 21.2. The summed E-state index contributed by atoms with van der Waals surface area (Å²) in [6.45, 7) is 8.62. The van der Waals surface area contributed by atoms with Crippen LogP contribution in [0.3, 0.4) is 0 Å². The highest BCUT2D eigenvalue weighted by atomic mass is 16.5. The Bertz CT molecular complexity index is 1030. The Morgan fingerprint density at radius 1 is 0.914 bits per heavy atom. The number of carbonyl (C=O) groups excluding carboxylic acids is 4. The minimum atomic E-state index is -0.987. The number of aliphatic hydroxyl groups is 2. The number of nitrogens with zero attached hydrogens (tertiary/aromatic N) is 2. The molecule has 0 aromatic carbocycles. The van der Waals surface area contributed by atoms with E-state index >= 15 is 0 Å². The first-order valence-electron chi connectivity index (χ1n) is 11.3. The lowest BCUT2D eigenvalue weighted by Crippen LogP contribution is -2.40. The van der Waals surface area contributed by atoms with E-state index in [4.69, 9.17) is 9.47 Å². The molecule has 0 amide bonds. The molecule has 2 rings (SSSR count). The van der Waals surface area contributed by atoms with Crippen molar-refractivity contribution in [2.24, 2.45) is 32.7 Å². The van der Waals surface area contributed by atoms with E-state index in [1.807, 2.05) is 0 Å². The lowest BCUT2D eigenvalue weighted by atomic mass is 9.68. The summed E-state index contributed by atoms with van der Waals surface area (Å²) in [5.74, 6) is -4.68. The van der Waals surface area contributed by atoms with Gasteiger partial charge in [-0.15, -0.1) is 0 Å². The molecule has 10 nitrogen and oxygen atoms in total. The topological polar surface area (TPSA) is 152 Å². The Hall–Kier alpha value is -3.30. The summed E-state index contributed by atoms with van der Waals surface area (Å²) in [7, 11) is 2.43. The molecule has 0 saturated heterocycles. The number of hydrogen-bond donors (Lipinski definition) is 2. The number of methoxy groups -OCH3 is 2. The maximum Gasteiger partial charge on any atom is 0.316 e. The largest absolute Gasteiger partial charge is 0.511 e. The summed E-state index contributed by atoms with van der Waals surface area (Å²) in [6.07, 6.45) is 2.52. The molecule has 0 saturated carbocycles. The van der Waals surface area contributed by atoms with Gasteiger partial charge >= 0.3 is 11.9 Å². The summed E-state index contributed by atoms with van der Waals surface area (Å²) in [5.41, 5.74) is -1.72. The van der Waals surface area contributed by atoms with Gasteiger partial charge in [-0.1, -0.05) is 27.7 Å². The van der Waals surface area contributed by atoms with Crippen molar-refractivity contribution in [3.8, 4) is 0 Å². The summed E-state index contributed by atoms with van der Waals surface area (Å²) < 4.78 is 9.57. The summed E-state index contributed by atoms with van der Waals surface area (Å²) in [4.78, 5) is 57.8. The van der Waals surface area contributed by atoms with Crippen LogP contribution in [0.5, 0.6) is 0 Å². The van der Waals surface area contributed by atoms with Crippen LogP contribution in [0.15, 0.2) is 32.6 Å². The Morgan fingerprint density at radius 2 is 1.31 bits per heavy atom. The number of aliphatic hydroxyl groups excluding tert-OH is 2. The van der Waals surface area contributed by atoms with Gasteiger partial charge in [-0.3, -0.25) is 29.2 Å². The van der Waals surface area contributed by atoms with Crippen LogP contribution < -0.4 is 0 Å². The van der Waals surface area contributed by atoms with Gasteiger partial charge in [-0.05, 0) is 17.8 Å². The third-order valence-electron chi connectivity index (χ3n) is 6.42. The van der Waals surface area contributed by atoms with Gasteiger partial charge < -0.3 is 19.7 Å². The van der Waals surface area contributed by atoms with Gasteiger partial charge in [0.25, 0.3) is 0 Å². The summed E-state index contributed by atoms with van der Waals surface area (Å²) in [5, 5.41) is 21.2. The second kappa shape index (κ2) is 10.5. The summed E-state index contributed by atoms with van der Waals surface area (Å²) >= 11 is 0. The number of allylic oxidation sites excluding steroid dienone is 2. The normalized spacial score (nSPS) is 25.3. The molecule has 0 aromatic heterocycles. The maximum absolute atomic E-state index is 12.5. The zero-order valence-corrected chi connectivity index (χ0v) is 21.2. The van der Waals surface area contributed by atoms with Crippen molar-refractivity contribution in [1.82, 2.24) is 0 Å². The van der Waals surface area contributed by atoms with Crippen molar-refractivity contribution in [2.75, 3.05) is 20.8 Å². The van der Waals surface area contributed by atoms with Crippen LogP contribution in [0.2, 0.25) is 0 Å². The second-order valence-electron chi connectivity index (χ2n) is 10.3. The number of ketones is 2. The SMILES string of the molecule is COC(=O)[C@@H]1C(O)=C(C=NC[C@@H](C)N=CC2=C(O)[C@H](C(=O)OC)C(C)(C)CC2=O)C(=O)CC1(C)C. The predicted molar refractivity (Wildman–Crippen MR) is 128 cm³/mol. The molecule has 0 spiro atoms. The molecule has 2 N–H and O–H groups in total. The van der Waals surface area contributed by atoms with Crippen LogP contribution in [-0.2, 0) is 28.7 Å². The molecular formula is C25H34N2O8. The van der Waals surface area contributed by atoms with Crippen molar-refractivity contribution in [3.05, 3.63) is 22.7 Å². The minimum Gasteiger partial charge on any atom is -0.511 e. The van der Waals surface area contributed by atoms with Gasteiger partial charge in [0.05, 0.1) is 38.0 Å². The molecule has 192 valence electrons. The first kappa shape index (κ1) is 27.9. The average Bonchev–Trinajstić information content (AvgIpc) is 2.73. The Kier molecular flexibility index (Phi) is 8.41. The first-order valence-corrected chi connectivity index (χ1v) is 11.3. The van der Waals surface area contributed by atoms with Gasteiger partial charge in [-0.2, -0.15) is 0 Å². The average molecular weight is 491 g/mol. The fraction of sp³-hybridized carbons (Fsp3) is 0.600. The molecule has 2 aliphatic rings. The smallest absolute Gasteiger partial charge is 0.316 e. The van der Waals surface area contributed by atoms with Crippen molar-refractivity contribution in [2.45, 2.75) is 53.5 Å². The second-order valence-corrected chi connectivity index (χ2v) is 10.3. The zero-order chi connectivity index (χ0) is 26.7. The van der Waals surface area contributed by atoms with E-state index in [0.29, 0.717) is 0 Å². The van der Waals surface area contributed by atoms with Gasteiger partial charge in [0.2, 0.25) is 0 Å². The summed E-state index contributed by atoms with van der Waals surface area (Å²) in [6, 6.07) is -0.458. The van der Waals surface area contributed by atoms with Crippen molar-refractivity contribution >= 4 is 35.9 Å². The third kappa shape index (κ3) is 5.86.